The molecule has 76 valence electrons. The van der Waals surface area contributed by atoms with Gasteiger partial charge in [0.2, 0.25) is 5.95 Å². The molecule has 5 nitrogen and oxygen atoms in total. The van der Waals surface area contributed by atoms with Gasteiger partial charge in [0.25, 0.3) is 5.56 Å². The number of anilines is 1. The van der Waals surface area contributed by atoms with Crippen LogP contribution in [0, 0.1) is 0 Å². The molecule has 0 spiro atoms. The maximum absolute atomic E-state index is 11.5. The summed E-state index contributed by atoms with van der Waals surface area (Å²) in [5, 5.41) is 6.18. The summed E-state index contributed by atoms with van der Waals surface area (Å²) in [4.78, 5) is 18.6. The molecule has 0 radical (unpaired) electrons. The van der Waals surface area contributed by atoms with Crippen LogP contribution in [0.3, 0.4) is 0 Å². The Morgan fingerprint density at radius 3 is 2.93 bits per heavy atom. The number of aromatic nitrogens is 2. The van der Waals surface area contributed by atoms with Gasteiger partial charge in [-0.3, -0.25) is 9.78 Å². The third-order valence-electron chi connectivity index (χ3n) is 2.12. The highest BCUT2D eigenvalue weighted by Crippen LogP contribution is 2.09. The van der Waals surface area contributed by atoms with E-state index in [0.29, 0.717) is 19.0 Å². The molecule has 0 saturated heterocycles. The summed E-state index contributed by atoms with van der Waals surface area (Å²) >= 11 is 0. The first kappa shape index (κ1) is 9.21. The Morgan fingerprint density at radius 2 is 2.21 bits per heavy atom. The van der Waals surface area contributed by atoms with Gasteiger partial charge in [-0.25, -0.2) is 4.98 Å². The fourth-order valence-corrected chi connectivity index (χ4v) is 1.52. The van der Waals surface area contributed by atoms with E-state index in [-0.39, 0.29) is 11.6 Å². The van der Waals surface area contributed by atoms with Gasteiger partial charge in [-0.05, 0) is 13.8 Å². The lowest BCUT2D eigenvalue weighted by Gasteiger charge is -2.09. The van der Waals surface area contributed by atoms with Crippen LogP contribution in [0.5, 0.6) is 0 Å². The predicted molar refractivity (Wildman–Crippen MR) is 54.2 cm³/mol. The first-order valence-corrected chi connectivity index (χ1v) is 4.76. The van der Waals surface area contributed by atoms with Gasteiger partial charge in [-0.15, -0.1) is 0 Å². The summed E-state index contributed by atoms with van der Waals surface area (Å²) in [6, 6.07) is 0.269. The van der Waals surface area contributed by atoms with Crippen LogP contribution in [0.2, 0.25) is 0 Å². The molecule has 2 rings (SSSR count). The molecular weight excluding hydrogens is 180 g/mol. The van der Waals surface area contributed by atoms with Crippen LogP contribution in [0.15, 0.2) is 4.79 Å². The molecule has 2 heterocycles. The number of rotatable bonds is 2. The van der Waals surface area contributed by atoms with Gasteiger partial charge in [0.15, 0.2) is 0 Å². The second-order valence-corrected chi connectivity index (χ2v) is 3.74. The predicted octanol–water partition coefficient (Wildman–Crippen LogP) is 0.193. The van der Waals surface area contributed by atoms with Gasteiger partial charge in [-0.1, -0.05) is 0 Å². The van der Waals surface area contributed by atoms with Crippen molar-refractivity contribution in [3.63, 3.8) is 0 Å². The molecule has 0 aromatic carbocycles. The van der Waals surface area contributed by atoms with E-state index in [4.69, 9.17) is 0 Å². The van der Waals surface area contributed by atoms with Crippen LogP contribution in [-0.2, 0) is 13.1 Å². The number of nitrogens with zero attached hydrogens (tertiary/aromatic N) is 1. The first-order chi connectivity index (χ1) is 6.66. The lowest BCUT2D eigenvalue weighted by molar-refractivity contribution is 0.756. The van der Waals surface area contributed by atoms with Crippen LogP contribution in [0.4, 0.5) is 5.95 Å². The maximum atomic E-state index is 11.5. The number of hydrogen-bond donors (Lipinski definition) is 3. The minimum atomic E-state index is -0.0387. The summed E-state index contributed by atoms with van der Waals surface area (Å²) in [5.41, 5.74) is 1.58. The number of fused-ring (bicyclic) bond motifs is 1. The van der Waals surface area contributed by atoms with E-state index in [9.17, 15) is 4.79 Å². The summed E-state index contributed by atoms with van der Waals surface area (Å²) < 4.78 is 0. The topological polar surface area (TPSA) is 69.8 Å². The minimum absolute atomic E-state index is 0.0387. The highest BCUT2D eigenvalue weighted by Gasteiger charge is 2.16. The third kappa shape index (κ3) is 1.63. The largest absolute Gasteiger partial charge is 0.354 e. The molecule has 0 unspecified atom stereocenters. The molecule has 1 aromatic rings. The Bertz CT molecular complexity index is 396. The second-order valence-electron chi connectivity index (χ2n) is 3.74. The standard InChI is InChI=1S/C9H14N4O/c1-5(2)11-9-12-7-4-10-3-6(7)8(14)13-9/h5,10H,3-4H2,1-2H3,(H2,11,12,13,14). The molecular formula is C9H14N4O. The Kier molecular flexibility index (Phi) is 2.25. The summed E-state index contributed by atoms with van der Waals surface area (Å²) in [6.45, 7) is 5.32. The summed E-state index contributed by atoms with van der Waals surface area (Å²) in [6.07, 6.45) is 0. The van der Waals surface area contributed by atoms with Gasteiger partial charge in [0.1, 0.15) is 0 Å². The fourth-order valence-electron chi connectivity index (χ4n) is 1.52. The van der Waals surface area contributed by atoms with Crippen LogP contribution in [-0.4, -0.2) is 16.0 Å². The number of aromatic amines is 1. The zero-order valence-electron chi connectivity index (χ0n) is 8.35. The summed E-state index contributed by atoms with van der Waals surface area (Å²) in [7, 11) is 0. The zero-order chi connectivity index (χ0) is 10.1. The molecule has 3 N–H and O–H groups in total. The van der Waals surface area contributed by atoms with Crippen molar-refractivity contribution in [2.75, 3.05) is 5.32 Å². The van der Waals surface area contributed by atoms with Crippen molar-refractivity contribution in [2.24, 2.45) is 0 Å². The van der Waals surface area contributed by atoms with Crippen molar-refractivity contribution >= 4 is 5.95 Å². The molecule has 1 aliphatic rings. The van der Waals surface area contributed by atoms with Crippen molar-refractivity contribution in [1.29, 1.82) is 0 Å². The van der Waals surface area contributed by atoms with Crippen molar-refractivity contribution in [3.05, 3.63) is 21.6 Å². The molecule has 14 heavy (non-hydrogen) atoms. The second kappa shape index (κ2) is 3.42. The third-order valence-corrected chi connectivity index (χ3v) is 2.12. The molecule has 0 aliphatic carbocycles. The van der Waals surface area contributed by atoms with Crippen molar-refractivity contribution in [2.45, 2.75) is 33.0 Å². The zero-order valence-corrected chi connectivity index (χ0v) is 8.35. The summed E-state index contributed by atoms with van der Waals surface area (Å²) in [5.74, 6) is 0.562. The average molecular weight is 194 g/mol. The van der Waals surface area contributed by atoms with Crippen molar-refractivity contribution in [3.8, 4) is 0 Å². The molecule has 1 aliphatic heterocycles. The molecule has 0 fully saturated rings. The first-order valence-electron chi connectivity index (χ1n) is 4.76. The fraction of sp³-hybridized carbons (Fsp3) is 0.556. The Morgan fingerprint density at radius 1 is 1.43 bits per heavy atom. The Balaban J connectivity index is 2.37. The Labute approximate surface area is 82.0 Å². The SMILES string of the molecule is CC(C)Nc1nc2c(c(=O)[nH]1)CNC2. The molecule has 5 heteroatoms. The highest BCUT2D eigenvalue weighted by molar-refractivity contribution is 5.32. The molecule has 1 aromatic heterocycles. The number of H-pyrrole nitrogens is 1. The number of nitrogens with one attached hydrogen (secondary N) is 3. The molecule has 0 bridgehead atoms. The van der Waals surface area contributed by atoms with Crippen LogP contribution in [0.1, 0.15) is 25.1 Å². The monoisotopic (exact) mass is 194 g/mol. The van der Waals surface area contributed by atoms with E-state index < -0.39 is 0 Å². The average Bonchev–Trinajstić information content (AvgIpc) is 2.50. The van der Waals surface area contributed by atoms with Gasteiger partial charge >= 0.3 is 0 Å². The lowest BCUT2D eigenvalue weighted by Crippen LogP contribution is -2.20. The van der Waals surface area contributed by atoms with E-state index >= 15 is 0 Å². The van der Waals surface area contributed by atoms with Crippen molar-refractivity contribution < 1.29 is 0 Å². The maximum Gasteiger partial charge on any atom is 0.257 e. The molecule has 0 amide bonds. The molecule has 0 saturated carbocycles. The normalized spacial score (nSPS) is 14.5. The van der Waals surface area contributed by atoms with Crippen LogP contribution < -0.4 is 16.2 Å². The molecule has 0 atom stereocenters. The smallest absolute Gasteiger partial charge is 0.257 e. The van der Waals surface area contributed by atoms with E-state index in [1.165, 1.54) is 0 Å². The van der Waals surface area contributed by atoms with E-state index in [1.54, 1.807) is 0 Å². The van der Waals surface area contributed by atoms with Gasteiger partial charge in [0, 0.05) is 19.1 Å². The van der Waals surface area contributed by atoms with E-state index in [1.807, 2.05) is 13.8 Å². The quantitative estimate of drug-likeness (QED) is 0.628. The van der Waals surface area contributed by atoms with Gasteiger partial charge in [0.05, 0.1) is 11.3 Å². The van der Waals surface area contributed by atoms with Crippen LogP contribution in [0.25, 0.3) is 0 Å². The number of hydrogen-bond acceptors (Lipinski definition) is 4. The minimum Gasteiger partial charge on any atom is -0.354 e. The van der Waals surface area contributed by atoms with E-state index in [2.05, 4.69) is 20.6 Å². The van der Waals surface area contributed by atoms with Gasteiger partial charge < -0.3 is 10.6 Å². The van der Waals surface area contributed by atoms with Gasteiger partial charge in [-0.2, -0.15) is 0 Å². The van der Waals surface area contributed by atoms with Crippen LogP contribution >= 0.6 is 0 Å². The Hall–Kier alpha value is -1.36. The lowest BCUT2D eigenvalue weighted by atomic mass is 10.3. The van der Waals surface area contributed by atoms with Crippen molar-refractivity contribution in [1.82, 2.24) is 15.3 Å². The van der Waals surface area contributed by atoms with E-state index in [0.717, 1.165) is 11.3 Å². The highest BCUT2D eigenvalue weighted by atomic mass is 16.1.